The third kappa shape index (κ3) is 4.19. The number of nitrogens with zero attached hydrogens (tertiary/aromatic N) is 2. The number of halogens is 2. The van der Waals surface area contributed by atoms with E-state index in [9.17, 15) is 8.78 Å². The Labute approximate surface area is 122 Å². The Hall–Kier alpha value is -2.08. The van der Waals surface area contributed by atoms with Gasteiger partial charge in [0.05, 0.1) is 12.3 Å². The second-order valence-corrected chi connectivity index (χ2v) is 4.58. The Morgan fingerprint density at radius 1 is 1.19 bits per heavy atom. The van der Waals surface area contributed by atoms with Gasteiger partial charge in [-0.25, -0.2) is 18.7 Å². The van der Waals surface area contributed by atoms with Crippen LogP contribution < -0.4 is 5.73 Å². The molecule has 0 aliphatic carbocycles. The molecule has 0 saturated carbocycles. The standard InChI is InChI=1S/C15H17F2N3O/c1-10-14(11-5-3-2-4-6-11)19-13(20-15(10)18)7-8-21-9-12(16)17/h2-6,12H,7-9H2,1H3,(H2,18,19,20). The minimum absolute atomic E-state index is 0.140. The summed E-state index contributed by atoms with van der Waals surface area (Å²) in [5.41, 5.74) is 8.40. The van der Waals surface area contributed by atoms with Crippen LogP contribution in [0.15, 0.2) is 30.3 Å². The Morgan fingerprint density at radius 2 is 1.90 bits per heavy atom. The predicted molar refractivity (Wildman–Crippen MR) is 77.1 cm³/mol. The fourth-order valence-electron chi connectivity index (χ4n) is 1.91. The molecule has 0 amide bonds. The molecule has 1 heterocycles. The van der Waals surface area contributed by atoms with Crippen LogP contribution in [-0.4, -0.2) is 29.6 Å². The van der Waals surface area contributed by atoms with E-state index in [1.807, 2.05) is 37.3 Å². The fraction of sp³-hybridized carbons (Fsp3) is 0.333. The van der Waals surface area contributed by atoms with E-state index in [1.165, 1.54) is 0 Å². The summed E-state index contributed by atoms with van der Waals surface area (Å²) in [6.45, 7) is 1.42. The maximum Gasteiger partial charge on any atom is 0.261 e. The highest BCUT2D eigenvalue weighted by Crippen LogP contribution is 2.24. The van der Waals surface area contributed by atoms with Crippen LogP contribution in [0, 0.1) is 6.92 Å². The number of aromatic nitrogens is 2. The summed E-state index contributed by atoms with van der Waals surface area (Å²) >= 11 is 0. The maximum absolute atomic E-state index is 12.0. The van der Waals surface area contributed by atoms with Crippen LogP contribution in [0.1, 0.15) is 11.4 Å². The van der Waals surface area contributed by atoms with E-state index >= 15 is 0 Å². The average Bonchev–Trinajstić information content (AvgIpc) is 2.47. The summed E-state index contributed by atoms with van der Waals surface area (Å²) in [7, 11) is 0. The van der Waals surface area contributed by atoms with Crippen LogP contribution >= 0.6 is 0 Å². The lowest BCUT2D eigenvalue weighted by Gasteiger charge is -2.10. The molecular weight excluding hydrogens is 276 g/mol. The van der Waals surface area contributed by atoms with Crippen molar-refractivity contribution in [3.05, 3.63) is 41.7 Å². The molecule has 0 bridgehead atoms. The molecule has 0 saturated heterocycles. The van der Waals surface area contributed by atoms with E-state index in [-0.39, 0.29) is 6.61 Å². The van der Waals surface area contributed by atoms with E-state index in [4.69, 9.17) is 10.5 Å². The number of hydrogen-bond donors (Lipinski definition) is 1. The van der Waals surface area contributed by atoms with Crippen molar-refractivity contribution >= 4 is 5.82 Å². The largest absolute Gasteiger partial charge is 0.383 e. The number of alkyl halides is 2. The summed E-state index contributed by atoms with van der Waals surface area (Å²) in [6, 6.07) is 9.62. The minimum Gasteiger partial charge on any atom is -0.383 e. The van der Waals surface area contributed by atoms with Crippen LogP contribution in [0.3, 0.4) is 0 Å². The molecule has 2 rings (SSSR count). The number of nitrogen functional groups attached to an aromatic ring is 1. The zero-order valence-corrected chi connectivity index (χ0v) is 11.7. The minimum atomic E-state index is -2.46. The first-order valence-corrected chi connectivity index (χ1v) is 6.62. The molecule has 6 heteroatoms. The Bertz CT molecular complexity index is 591. The smallest absolute Gasteiger partial charge is 0.261 e. The van der Waals surface area contributed by atoms with Gasteiger partial charge in [0.1, 0.15) is 18.2 Å². The molecule has 1 aromatic carbocycles. The van der Waals surface area contributed by atoms with E-state index in [1.54, 1.807) is 0 Å². The number of anilines is 1. The Kier molecular flexibility index (Phi) is 5.16. The second-order valence-electron chi connectivity index (χ2n) is 4.58. The maximum atomic E-state index is 12.0. The van der Waals surface area contributed by atoms with Crippen molar-refractivity contribution < 1.29 is 13.5 Å². The van der Waals surface area contributed by atoms with Crippen molar-refractivity contribution in [2.24, 2.45) is 0 Å². The van der Waals surface area contributed by atoms with Crippen molar-refractivity contribution in [1.29, 1.82) is 0 Å². The monoisotopic (exact) mass is 293 g/mol. The first kappa shape index (κ1) is 15.3. The molecule has 1 aromatic heterocycles. The molecule has 112 valence electrons. The summed E-state index contributed by atoms with van der Waals surface area (Å²) in [5.74, 6) is 0.888. The van der Waals surface area contributed by atoms with Crippen molar-refractivity contribution in [2.75, 3.05) is 18.9 Å². The first-order chi connectivity index (χ1) is 10.1. The predicted octanol–water partition coefficient (Wildman–Crippen LogP) is 2.86. The molecule has 0 radical (unpaired) electrons. The van der Waals surface area contributed by atoms with E-state index in [0.717, 1.165) is 16.8 Å². The summed E-state index contributed by atoms with van der Waals surface area (Å²) in [5, 5.41) is 0. The first-order valence-electron chi connectivity index (χ1n) is 6.62. The molecule has 2 N–H and O–H groups in total. The van der Waals surface area contributed by atoms with E-state index < -0.39 is 13.0 Å². The molecule has 0 fully saturated rings. The SMILES string of the molecule is Cc1c(N)nc(CCOCC(F)F)nc1-c1ccccc1. The molecule has 4 nitrogen and oxygen atoms in total. The number of benzene rings is 1. The highest BCUT2D eigenvalue weighted by atomic mass is 19.3. The quantitative estimate of drug-likeness (QED) is 0.832. The van der Waals surface area contributed by atoms with Gasteiger partial charge in [0.25, 0.3) is 6.43 Å². The second kappa shape index (κ2) is 7.08. The van der Waals surface area contributed by atoms with Gasteiger partial charge in [0.2, 0.25) is 0 Å². The molecule has 2 aromatic rings. The van der Waals surface area contributed by atoms with Crippen LogP contribution in [0.2, 0.25) is 0 Å². The van der Waals surface area contributed by atoms with Gasteiger partial charge in [-0.1, -0.05) is 30.3 Å². The van der Waals surface area contributed by atoms with Gasteiger partial charge >= 0.3 is 0 Å². The Morgan fingerprint density at radius 3 is 2.57 bits per heavy atom. The average molecular weight is 293 g/mol. The van der Waals surface area contributed by atoms with Crippen molar-refractivity contribution in [3.8, 4) is 11.3 Å². The van der Waals surface area contributed by atoms with Crippen molar-refractivity contribution in [3.63, 3.8) is 0 Å². The fourth-order valence-corrected chi connectivity index (χ4v) is 1.91. The summed E-state index contributed by atoms with van der Waals surface area (Å²) < 4.78 is 28.8. The van der Waals surface area contributed by atoms with Crippen LogP contribution in [0.5, 0.6) is 0 Å². The summed E-state index contributed by atoms with van der Waals surface area (Å²) in [4.78, 5) is 8.64. The molecular formula is C15H17F2N3O. The van der Waals surface area contributed by atoms with Crippen LogP contribution in [-0.2, 0) is 11.2 Å². The van der Waals surface area contributed by atoms with Crippen molar-refractivity contribution in [2.45, 2.75) is 19.8 Å². The molecule has 0 aliphatic heterocycles. The topological polar surface area (TPSA) is 61.0 Å². The zero-order chi connectivity index (χ0) is 15.2. The summed E-state index contributed by atoms with van der Waals surface area (Å²) in [6.07, 6.45) is -2.12. The molecule has 0 aliphatic rings. The van der Waals surface area contributed by atoms with Crippen molar-refractivity contribution in [1.82, 2.24) is 9.97 Å². The van der Waals surface area contributed by atoms with E-state index in [0.29, 0.717) is 18.1 Å². The van der Waals surface area contributed by atoms with Crippen LogP contribution in [0.25, 0.3) is 11.3 Å². The van der Waals surface area contributed by atoms with Gasteiger partial charge in [-0.15, -0.1) is 0 Å². The molecule has 0 atom stereocenters. The van der Waals surface area contributed by atoms with Gasteiger partial charge in [-0.2, -0.15) is 0 Å². The lowest BCUT2D eigenvalue weighted by atomic mass is 10.1. The van der Waals surface area contributed by atoms with Gasteiger partial charge in [0.15, 0.2) is 0 Å². The Balaban J connectivity index is 2.15. The molecule has 21 heavy (non-hydrogen) atoms. The van der Waals surface area contributed by atoms with Gasteiger partial charge in [-0.05, 0) is 6.92 Å². The number of nitrogens with two attached hydrogens (primary N) is 1. The number of rotatable bonds is 6. The third-order valence-electron chi connectivity index (χ3n) is 2.99. The van der Waals surface area contributed by atoms with Gasteiger partial charge in [-0.3, -0.25) is 0 Å². The normalized spacial score (nSPS) is 11.0. The number of hydrogen-bond acceptors (Lipinski definition) is 4. The lowest BCUT2D eigenvalue weighted by molar-refractivity contribution is 0.0183. The lowest BCUT2D eigenvalue weighted by Crippen LogP contribution is -2.10. The zero-order valence-electron chi connectivity index (χ0n) is 11.7. The van der Waals surface area contributed by atoms with E-state index in [2.05, 4.69) is 9.97 Å². The van der Waals surface area contributed by atoms with Gasteiger partial charge < -0.3 is 10.5 Å². The highest BCUT2D eigenvalue weighted by Gasteiger charge is 2.11. The van der Waals surface area contributed by atoms with Gasteiger partial charge in [0, 0.05) is 17.5 Å². The molecule has 0 unspecified atom stereocenters. The number of ether oxygens (including phenoxy) is 1. The van der Waals surface area contributed by atoms with Crippen LogP contribution in [0.4, 0.5) is 14.6 Å². The third-order valence-corrected chi connectivity index (χ3v) is 2.99. The molecule has 0 spiro atoms. The highest BCUT2D eigenvalue weighted by molar-refractivity contribution is 5.67.